The summed E-state index contributed by atoms with van der Waals surface area (Å²) in [6.45, 7) is 0. The zero-order valence-corrected chi connectivity index (χ0v) is 15.9. The first-order valence-corrected chi connectivity index (χ1v) is 8.29. The molecule has 2 aromatic rings. The van der Waals surface area contributed by atoms with Crippen LogP contribution in [-0.2, 0) is 4.74 Å². The predicted molar refractivity (Wildman–Crippen MR) is 97.6 cm³/mol. The Balaban J connectivity index is 1.84. The van der Waals surface area contributed by atoms with Crippen molar-refractivity contribution in [2.24, 2.45) is 0 Å². The van der Waals surface area contributed by atoms with E-state index in [0.717, 1.165) is 5.56 Å². The van der Waals surface area contributed by atoms with Crippen LogP contribution in [-0.4, -0.2) is 47.4 Å². The van der Waals surface area contributed by atoms with Crippen LogP contribution >= 0.6 is 0 Å². The number of methoxy groups -OCH3 is 5. The van der Waals surface area contributed by atoms with Crippen LogP contribution in [0.5, 0.6) is 28.7 Å². The summed E-state index contributed by atoms with van der Waals surface area (Å²) >= 11 is 0. The number of carbonyl (C=O) groups excluding carboxylic acids is 1. The third kappa shape index (κ3) is 3.50. The Labute approximate surface area is 157 Å². The molecule has 0 N–H and O–H groups in total. The van der Waals surface area contributed by atoms with E-state index in [1.807, 2.05) is 12.1 Å². The molecule has 27 heavy (non-hydrogen) atoms. The van der Waals surface area contributed by atoms with E-state index in [1.165, 1.54) is 21.3 Å². The van der Waals surface area contributed by atoms with Crippen molar-refractivity contribution in [3.8, 4) is 28.7 Å². The van der Waals surface area contributed by atoms with E-state index in [2.05, 4.69) is 0 Å². The molecule has 1 aliphatic heterocycles. The highest BCUT2D eigenvalue weighted by Gasteiger charge is 2.46. The Hall–Kier alpha value is -2.93. The first-order chi connectivity index (χ1) is 13.1. The van der Waals surface area contributed by atoms with Crippen molar-refractivity contribution in [1.29, 1.82) is 0 Å². The van der Waals surface area contributed by atoms with Gasteiger partial charge >= 0.3 is 0 Å². The van der Waals surface area contributed by atoms with Gasteiger partial charge in [0.15, 0.2) is 34.9 Å². The molecular weight excluding hydrogens is 352 g/mol. The average Bonchev–Trinajstić information content (AvgIpc) is 3.52. The van der Waals surface area contributed by atoms with E-state index in [4.69, 9.17) is 28.4 Å². The van der Waals surface area contributed by atoms with Crippen LogP contribution in [0.15, 0.2) is 30.3 Å². The quantitative estimate of drug-likeness (QED) is 0.519. The van der Waals surface area contributed by atoms with E-state index in [1.54, 1.807) is 32.4 Å². The summed E-state index contributed by atoms with van der Waals surface area (Å²) < 4.78 is 32.1. The van der Waals surface area contributed by atoms with Crippen molar-refractivity contribution < 1.29 is 33.2 Å². The highest BCUT2D eigenvalue weighted by Crippen LogP contribution is 2.45. The fourth-order valence-corrected chi connectivity index (χ4v) is 2.98. The Morgan fingerprint density at radius 1 is 0.778 bits per heavy atom. The normalized spacial score (nSPS) is 17.8. The van der Waals surface area contributed by atoms with Crippen LogP contribution < -0.4 is 23.7 Å². The Bertz CT molecular complexity index is 821. The molecule has 0 spiro atoms. The molecule has 3 rings (SSSR count). The summed E-state index contributed by atoms with van der Waals surface area (Å²) in [5, 5.41) is 0. The van der Waals surface area contributed by atoms with Crippen LogP contribution in [0.3, 0.4) is 0 Å². The minimum absolute atomic E-state index is 0.158. The lowest BCUT2D eigenvalue weighted by Gasteiger charge is -2.13. The summed E-state index contributed by atoms with van der Waals surface area (Å²) in [4.78, 5) is 12.9. The molecule has 0 aromatic heterocycles. The lowest BCUT2D eigenvalue weighted by Crippen LogP contribution is -2.09. The molecule has 1 saturated heterocycles. The molecule has 0 amide bonds. The van der Waals surface area contributed by atoms with Gasteiger partial charge in [0, 0.05) is 5.56 Å². The molecule has 7 nitrogen and oxygen atoms in total. The highest BCUT2D eigenvalue weighted by atomic mass is 16.6. The number of ketones is 1. The van der Waals surface area contributed by atoms with Gasteiger partial charge in [0.05, 0.1) is 35.5 Å². The highest BCUT2D eigenvalue weighted by molar-refractivity contribution is 6.02. The second-order valence-corrected chi connectivity index (χ2v) is 5.87. The maximum atomic E-state index is 12.9. The van der Waals surface area contributed by atoms with Crippen molar-refractivity contribution in [2.45, 2.75) is 12.2 Å². The van der Waals surface area contributed by atoms with Crippen molar-refractivity contribution >= 4 is 5.78 Å². The minimum atomic E-state index is -0.578. The molecule has 2 atom stereocenters. The summed E-state index contributed by atoms with van der Waals surface area (Å²) in [5.41, 5.74) is 1.27. The lowest BCUT2D eigenvalue weighted by atomic mass is 10.0. The topological polar surface area (TPSA) is 75.8 Å². The fourth-order valence-electron chi connectivity index (χ4n) is 2.98. The second-order valence-electron chi connectivity index (χ2n) is 5.87. The first-order valence-electron chi connectivity index (χ1n) is 8.29. The summed E-state index contributed by atoms with van der Waals surface area (Å²) in [7, 11) is 7.66. The number of hydrogen-bond donors (Lipinski definition) is 0. The third-order valence-corrected chi connectivity index (χ3v) is 4.44. The molecule has 2 unspecified atom stereocenters. The van der Waals surface area contributed by atoms with Gasteiger partial charge < -0.3 is 28.4 Å². The molecule has 0 bridgehead atoms. The van der Waals surface area contributed by atoms with Gasteiger partial charge in [-0.2, -0.15) is 0 Å². The van der Waals surface area contributed by atoms with E-state index in [9.17, 15) is 4.79 Å². The van der Waals surface area contributed by atoms with Crippen LogP contribution in [0.2, 0.25) is 0 Å². The molecule has 0 radical (unpaired) electrons. The molecular formula is C20H22O7. The molecule has 7 heteroatoms. The monoisotopic (exact) mass is 374 g/mol. The van der Waals surface area contributed by atoms with Crippen LogP contribution in [0, 0.1) is 0 Å². The van der Waals surface area contributed by atoms with E-state index >= 15 is 0 Å². The van der Waals surface area contributed by atoms with Crippen molar-refractivity contribution in [1.82, 2.24) is 0 Å². The van der Waals surface area contributed by atoms with Gasteiger partial charge in [0.25, 0.3) is 0 Å². The molecule has 0 aliphatic carbocycles. The largest absolute Gasteiger partial charge is 0.493 e. The van der Waals surface area contributed by atoms with Gasteiger partial charge in [-0.05, 0) is 29.8 Å². The maximum absolute atomic E-state index is 12.9. The average molecular weight is 374 g/mol. The van der Waals surface area contributed by atoms with Crippen LogP contribution in [0.4, 0.5) is 0 Å². The predicted octanol–water partition coefficient (Wildman–Crippen LogP) is 3.05. The number of benzene rings is 2. The van der Waals surface area contributed by atoms with Gasteiger partial charge in [-0.15, -0.1) is 0 Å². The van der Waals surface area contributed by atoms with Crippen molar-refractivity contribution in [3.05, 3.63) is 41.5 Å². The van der Waals surface area contributed by atoms with Gasteiger partial charge in [-0.1, -0.05) is 6.07 Å². The zero-order valence-electron chi connectivity index (χ0n) is 15.9. The zero-order chi connectivity index (χ0) is 19.6. The van der Waals surface area contributed by atoms with E-state index < -0.39 is 6.10 Å². The smallest absolute Gasteiger partial charge is 0.203 e. The number of rotatable bonds is 8. The molecule has 2 aromatic carbocycles. The number of hydrogen-bond acceptors (Lipinski definition) is 7. The van der Waals surface area contributed by atoms with Crippen molar-refractivity contribution in [3.63, 3.8) is 0 Å². The summed E-state index contributed by atoms with van der Waals surface area (Å²) in [6.07, 6.45) is -0.915. The summed E-state index contributed by atoms with van der Waals surface area (Å²) in [6, 6.07) is 8.70. The van der Waals surface area contributed by atoms with Crippen LogP contribution in [0.25, 0.3) is 0 Å². The number of Topliss-reactive ketones (excluding diaryl/α,β-unsaturated/α-hetero) is 1. The van der Waals surface area contributed by atoms with Gasteiger partial charge in [0.1, 0.15) is 6.10 Å². The molecule has 0 saturated carbocycles. The SMILES string of the molecule is COc1ccc(C2OC2C(=O)c2cc(OC)c(OC)c(OC)c2)cc1OC. The lowest BCUT2D eigenvalue weighted by molar-refractivity contribution is 0.0953. The fraction of sp³-hybridized carbons (Fsp3) is 0.350. The summed E-state index contributed by atoms with van der Waals surface area (Å²) in [5.74, 6) is 2.32. The van der Waals surface area contributed by atoms with Crippen LogP contribution in [0.1, 0.15) is 22.0 Å². The maximum Gasteiger partial charge on any atom is 0.203 e. The first kappa shape index (κ1) is 18.8. The molecule has 144 valence electrons. The Kier molecular flexibility index (Phi) is 5.41. The standard InChI is InChI=1S/C20H22O7/c1-22-13-7-6-11(8-14(13)23-2)18-20(27-18)17(21)12-9-15(24-3)19(26-5)16(10-12)25-4/h6-10,18,20H,1-5H3. The number of carbonyl (C=O) groups is 1. The number of ether oxygens (including phenoxy) is 6. The van der Waals surface area contributed by atoms with Crippen molar-refractivity contribution in [2.75, 3.05) is 35.5 Å². The Morgan fingerprint density at radius 2 is 1.37 bits per heavy atom. The van der Waals surface area contributed by atoms with E-state index in [-0.39, 0.29) is 11.9 Å². The second kappa shape index (κ2) is 7.75. The minimum Gasteiger partial charge on any atom is -0.493 e. The van der Waals surface area contributed by atoms with Gasteiger partial charge in [0.2, 0.25) is 5.75 Å². The third-order valence-electron chi connectivity index (χ3n) is 4.44. The molecule has 1 heterocycles. The van der Waals surface area contributed by atoms with Gasteiger partial charge in [-0.25, -0.2) is 0 Å². The number of epoxide rings is 1. The molecule has 1 aliphatic rings. The Morgan fingerprint density at radius 3 is 1.89 bits per heavy atom. The molecule has 1 fully saturated rings. The van der Waals surface area contributed by atoms with Gasteiger partial charge in [-0.3, -0.25) is 4.79 Å². The van der Waals surface area contributed by atoms with E-state index in [0.29, 0.717) is 34.3 Å².